The van der Waals surface area contributed by atoms with Crippen molar-refractivity contribution >= 4 is 22.9 Å². The van der Waals surface area contributed by atoms with E-state index in [2.05, 4.69) is 15.1 Å². The SMILES string of the molecule is CCOC(C)c1nc(Cc2nc(-c3ccc(Cl)cc3F)no2)cs1. The molecule has 0 aliphatic heterocycles. The van der Waals surface area contributed by atoms with Crippen molar-refractivity contribution in [3.63, 3.8) is 0 Å². The van der Waals surface area contributed by atoms with Gasteiger partial charge in [0.1, 0.15) is 16.9 Å². The van der Waals surface area contributed by atoms with E-state index in [9.17, 15) is 4.39 Å². The normalized spacial score (nSPS) is 12.5. The van der Waals surface area contributed by atoms with Crippen LogP contribution in [0, 0.1) is 5.82 Å². The van der Waals surface area contributed by atoms with Crippen LogP contribution in [0.1, 0.15) is 36.5 Å². The van der Waals surface area contributed by atoms with Crippen molar-refractivity contribution in [3.8, 4) is 11.4 Å². The molecule has 1 unspecified atom stereocenters. The Bertz CT molecular complexity index is 836. The third kappa shape index (κ3) is 3.80. The summed E-state index contributed by atoms with van der Waals surface area (Å²) in [6.45, 7) is 4.54. The van der Waals surface area contributed by atoms with Gasteiger partial charge in [0.25, 0.3) is 0 Å². The van der Waals surface area contributed by atoms with Crippen LogP contribution in [-0.4, -0.2) is 21.7 Å². The van der Waals surface area contributed by atoms with Gasteiger partial charge in [-0.1, -0.05) is 16.8 Å². The number of aromatic nitrogens is 3. The Balaban J connectivity index is 1.74. The van der Waals surface area contributed by atoms with Gasteiger partial charge in [0.2, 0.25) is 11.7 Å². The monoisotopic (exact) mass is 367 g/mol. The molecule has 2 aromatic heterocycles. The van der Waals surface area contributed by atoms with Gasteiger partial charge in [-0.05, 0) is 32.0 Å². The lowest BCUT2D eigenvalue weighted by atomic mass is 10.2. The number of benzene rings is 1. The highest BCUT2D eigenvalue weighted by Gasteiger charge is 2.16. The standard InChI is InChI=1S/C16H15ClFN3O2S/c1-3-22-9(2)16-19-11(8-24-16)7-14-20-15(21-23-14)12-5-4-10(17)6-13(12)18/h4-6,8-9H,3,7H2,1-2H3. The van der Waals surface area contributed by atoms with E-state index in [4.69, 9.17) is 20.9 Å². The van der Waals surface area contributed by atoms with Gasteiger partial charge < -0.3 is 9.26 Å². The Morgan fingerprint density at radius 3 is 2.96 bits per heavy atom. The second-order valence-corrected chi connectivity index (χ2v) is 6.41. The number of rotatable bonds is 6. The van der Waals surface area contributed by atoms with Crippen LogP contribution in [-0.2, 0) is 11.2 Å². The molecule has 3 rings (SSSR count). The van der Waals surface area contributed by atoms with Crippen LogP contribution >= 0.6 is 22.9 Å². The van der Waals surface area contributed by atoms with E-state index in [-0.39, 0.29) is 17.5 Å². The largest absolute Gasteiger partial charge is 0.372 e. The zero-order valence-electron chi connectivity index (χ0n) is 13.1. The molecule has 3 aromatic rings. The van der Waals surface area contributed by atoms with Gasteiger partial charge in [0, 0.05) is 17.0 Å². The maximum absolute atomic E-state index is 13.9. The number of hydrogen-bond donors (Lipinski definition) is 0. The molecular formula is C16H15ClFN3O2S. The molecular weight excluding hydrogens is 353 g/mol. The minimum Gasteiger partial charge on any atom is -0.372 e. The quantitative estimate of drug-likeness (QED) is 0.633. The molecule has 0 fully saturated rings. The Morgan fingerprint density at radius 2 is 2.21 bits per heavy atom. The minimum absolute atomic E-state index is 0.0461. The Kier molecular flexibility index (Phi) is 5.23. The highest BCUT2D eigenvalue weighted by Crippen LogP contribution is 2.25. The number of ether oxygens (including phenoxy) is 1. The molecule has 0 saturated heterocycles. The topological polar surface area (TPSA) is 61.0 Å². The fourth-order valence-corrected chi connectivity index (χ4v) is 3.15. The molecule has 0 spiro atoms. The van der Waals surface area contributed by atoms with Crippen LogP contribution in [0.4, 0.5) is 4.39 Å². The fourth-order valence-electron chi connectivity index (χ4n) is 2.17. The first-order valence-corrected chi connectivity index (χ1v) is 8.66. The zero-order chi connectivity index (χ0) is 17.1. The Hall–Kier alpha value is -1.83. The van der Waals surface area contributed by atoms with Crippen molar-refractivity contribution in [1.29, 1.82) is 0 Å². The van der Waals surface area contributed by atoms with Gasteiger partial charge in [0.05, 0.1) is 17.7 Å². The van der Waals surface area contributed by atoms with Gasteiger partial charge >= 0.3 is 0 Å². The van der Waals surface area contributed by atoms with Crippen molar-refractivity contribution in [2.24, 2.45) is 0 Å². The summed E-state index contributed by atoms with van der Waals surface area (Å²) in [4.78, 5) is 8.74. The molecule has 0 saturated carbocycles. The van der Waals surface area contributed by atoms with Gasteiger partial charge in [-0.2, -0.15) is 4.98 Å². The summed E-state index contributed by atoms with van der Waals surface area (Å²) in [5.41, 5.74) is 1.06. The summed E-state index contributed by atoms with van der Waals surface area (Å²) >= 11 is 7.27. The van der Waals surface area contributed by atoms with Crippen molar-refractivity contribution in [2.75, 3.05) is 6.61 Å². The first kappa shape index (κ1) is 17.0. The van der Waals surface area contributed by atoms with Gasteiger partial charge in [0.15, 0.2) is 0 Å². The summed E-state index contributed by atoms with van der Waals surface area (Å²) in [7, 11) is 0. The van der Waals surface area contributed by atoms with Crippen molar-refractivity contribution < 1.29 is 13.7 Å². The van der Waals surface area contributed by atoms with Crippen LogP contribution in [0.2, 0.25) is 5.02 Å². The number of hydrogen-bond acceptors (Lipinski definition) is 6. The molecule has 2 heterocycles. The predicted molar refractivity (Wildman–Crippen MR) is 89.7 cm³/mol. The lowest BCUT2D eigenvalue weighted by Gasteiger charge is -2.06. The second kappa shape index (κ2) is 7.38. The van der Waals surface area contributed by atoms with Crippen LogP contribution in [0.15, 0.2) is 28.1 Å². The van der Waals surface area contributed by atoms with Gasteiger partial charge in [-0.3, -0.25) is 0 Å². The molecule has 0 aliphatic carbocycles. The second-order valence-electron chi connectivity index (χ2n) is 5.09. The summed E-state index contributed by atoms with van der Waals surface area (Å²) in [5.74, 6) is 0.0777. The lowest BCUT2D eigenvalue weighted by Crippen LogP contribution is -1.99. The van der Waals surface area contributed by atoms with Crippen molar-refractivity contribution in [2.45, 2.75) is 26.4 Å². The summed E-state index contributed by atoms with van der Waals surface area (Å²) in [6, 6.07) is 4.32. The van der Waals surface area contributed by atoms with E-state index in [1.807, 2.05) is 19.2 Å². The number of thiazole rings is 1. The molecule has 1 aromatic carbocycles. The van der Waals surface area contributed by atoms with E-state index in [0.29, 0.717) is 23.9 Å². The summed E-state index contributed by atoms with van der Waals surface area (Å²) in [6.07, 6.45) is 0.340. The average Bonchev–Trinajstić information content (AvgIpc) is 3.18. The lowest BCUT2D eigenvalue weighted by molar-refractivity contribution is 0.0761. The van der Waals surface area contributed by atoms with Crippen LogP contribution in [0.3, 0.4) is 0 Å². The number of nitrogens with zero attached hydrogens (tertiary/aromatic N) is 3. The molecule has 5 nitrogen and oxygen atoms in total. The van der Waals surface area contributed by atoms with Crippen LogP contribution in [0.25, 0.3) is 11.4 Å². The van der Waals surface area contributed by atoms with E-state index in [1.165, 1.54) is 23.5 Å². The summed E-state index contributed by atoms with van der Waals surface area (Å²) in [5, 5.41) is 6.97. The van der Waals surface area contributed by atoms with Gasteiger partial charge in [-0.25, -0.2) is 9.37 Å². The van der Waals surface area contributed by atoms with Crippen molar-refractivity contribution in [1.82, 2.24) is 15.1 Å². The average molecular weight is 368 g/mol. The molecule has 0 radical (unpaired) electrons. The van der Waals surface area contributed by atoms with Crippen LogP contribution in [0.5, 0.6) is 0 Å². The van der Waals surface area contributed by atoms with Gasteiger partial charge in [-0.15, -0.1) is 11.3 Å². The van der Waals surface area contributed by atoms with E-state index >= 15 is 0 Å². The number of halogens is 2. The van der Waals surface area contributed by atoms with Crippen LogP contribution < -0.4 is 0 Å². The molecule has 126 valence electrons. The predicted octanol–water partition coefficient (Wildman–Crippen LogP) is 4.67. The molecule has 0 N–H and O–H groups in total. The first-order chi connectivity index (χ1) is 11.6. The third-order valence-corrected chi connectivity index (χ3v) is 4.60. The molecule has 0 bridgehead atoms. The molecule has 0 amide bonds. The molecule has 0 aliphatic rings. The third-order valence-electron chi connectivity index (χ3n) is 3.31. The highest BCUT2D eigenvalue weighted by molar-refractivity contribution is 7.09. The van der Waals surface area contributed by atoms with E-state index in [1.54, 1.807) is 6.07 Å². The van der Waals surface area contributed by atoms with E-state index in [0.717, 1.165) is 10.7 Å². The maximum Gasteiger partial charge on any atom is 0.233 e. The molecule has 1 atom stereocenters. The Morgan fingerprint density at radius 1 is 1.38 bits per heavy atom. The molecule has 8 heteroatoms. The fraction of sp³-hybridized carbons (Fsp3) is 0.312. The zero-order valence-corrected chi connectivity index (χ0v) is 14.7. The minimum atomic E-state index is -0.490. The highest BCUT2D eigenvalue weighted by atomic mass is 35.5. The van der Waals surface area contributed by atoms with Crippen molar-refractivity contribution in [3.05, 3.63) is 51.0 Å². The maximum atomic E-state index is 13.9. The van der Waals surface area contributed by atoms with E-state index < -0.39 is 5.82 Å². The molecule has 24 heavy (non-hydrogen) atoms. The Labute approximate surface area is 147 Å². The smallest absolute Gasteiger partial charge is 0.233 e. The first-order valence-electron chi connectivity index (χ1n) is 7.40. The summed E-state index contributed by atoms with van der Waals surface area (Å²) < 4.78 is 24.6.